The lowest BCUT2D eigenvalue weighted by atomic mass is 10.0. The van der Waals surface area contributed by atoms with Gasteiger partial charge in [0.05, 0.1) is 24.4 Å². The highest BCUT2D eigenvalue weighted by Crippen LogP contribution is 2.29. The Morgan fingerprint density at radius 1 is 1.00 bits per heavy atom. The number of carbonyl (C=O) groups is 1. The molecular weight excluding hydrogens is 388 g/mol. The fraction of sp³-hybridized carbons (Fsp3) is 0.154. The van der Waals surface area contributed by atoms with Gasteiger partial charge in [-0.15, -0.1) is 0 Å². The molecule has 0 spiro atoms. The van der Waals surface area contributed by atoms with Crippen LogP contribution in [0.1, 0.15) is 35.8 Å². The van der Waals surface area contributed by atoms with Gasteiger partial charge >= 0.3 is 0 Å². The number of aromatic nitrogens is 1. The molecule has 156 valence electrons. The first-order chi connectivity index (χ1) is 15.2. The smallest absolute Gasteiger partial charge is 0.252 e. The summed E-state index contributed by atoms with van der Waals surface area (Å²) in [6, 6.07) is 24.7. The van der Waals surface area contributed by atoms with Crippen molar-refractivity contribution in [2.45, 2.75) is 19.9 Å². The Labute approximate surface area is 181 Å². The molecule has 0 radical (unpaired) electrons. The lowest BCUT2D eigenvalue weighted by Gasteiger charge is -2.15. The summed E-state index contributed by atoms with van der Waals surface area (Å²) < 4.78 is 11.5. The quantitative estimate of drug-likeness (QED) is 0.411. The number of nitrogens with zero attached hydrogens (tertiary/aromatic N) is 1. The zero-order valence-corrected chi connectivity index (χ0v) is 17.5. The highest BCUT2D eigenvalue weighted by Gasteiger charge is 2.18. The summed E-state index contributed by atoms with van der Waals surface area (Å²) in [7, 11) is 0. The maximum atomic E-state index is 13.0. The second-order valence-electron chi connectivity index (χ2n) is 7.14. The Hall–Kier alpha value is -3.86. The van der Waals surface area contributed by atoms with Crippen molar-refractivity contribution in [2.24, 2.45) is 0 Å². The largest absolute Gasteiger partial charge is 0.494 e. The standard InChI is InChI=1S/C26H24N2O3/c1-3-30-21-15-13-20(14-16-21)24-17-27-26(31-24)23-12-8-7-11-22(23)25(29)28-18(2)19-9-5-4-6-10-19/h4-18H,3H2,1-2H3,(H,28,29)/t18-/m0/s1. The van der Waals surface area contributed by atoms with Crippen LogP contribution in [-0.2, 0) is 0 Å². The second-order valence-corrected chi connectivity index (χ2v) is 7.14. The molecule has 0 aliphatic carbocycles. The number of carbonyl (C=O) groups excluding carboxylic acids is 1. The molecule has 0 aliphatic rings. The van der Waals surface area contributed by atoms with E-state index in [0.29, 0.717) is 29.4 Å². The normalized spacial score (nSPS) is 11.7. The van der Waals surface area contributed by atoms with Crippen molar-refractivity contribution in [1.82, 2.24) is 10.3 Å². The second kappa shape index (κ2) is 9.30. The number of ether oxygens (including phenoxy) is 1. The molecule has 5 nitrogen and oxygen atoms in total. The first kappa shape index (κ1) is 20.4. The minimum Gasteiger partial charge on any atom is -0.494 e. The Morgan fingerprint density at radius 2 is 1.71 bits per heavy atom. The molecule has 0 bridgehead atoms. The molecule has 4 rings (SSSR count). The summed E-state index contributed by atoms with van der Waals surface area (Å²) in [6.07, 6.45) is 1.67. The summed E-state index contributed by atoms with van der Waals surface area (Å²) in [5.41, 5.74) is 3.10. The molecule has 0 aliphatic heterocycles. The van der Waals surface area contributed by atoms with Gasteiger partial charge in [-0.1, -0.05) is 42.5 Å². The van der Waals surface area contributed by atoms with Crippen LogP contribution in [0.4, 0.5) is 0 Å². The van der Waals surface area contributed by atoms with Gasteiger partial charge in [0, 0.05) is 11.1 Å². The van der Waals surface area contributed by atoms with Gasteiger partial charge in [-0.05, 0) is 55.8 Å². The van der Waals surface area contributed by atoms with Crippen LogP contribution >= 0.6 is 0 Å². The number of nitrogens with one attached hydrogen (secondary N) is 1. The van der Waals surface area contributed by atoms with Crippen molar-refractivity contribution in [3.8, 4) is 28.5 Å². The van der Waals surface area contributed by atoms with Gasteiger partial charge < -0.3 is 14.5 Å². The number of hydrogen-bond acceptors (Lipinski definition) is 4. The predicted octanol–water partition coefficient (Wildman–Crippen LogP) is 5.90. The average molecular weight is 412 g/mol. The van der Waals surface area contributed by atoms with E-state index in [-0.39, 0.29) is 11.9 Å². The van der Waals surface area contributed by atoms with Gasteiger partial charge in [-0.3, -0.25) is 4.79 Å². The summed E-state index contributed by atoms with van der Waals surface area (Å²) in [5.74, 6) is 1.67. The minimum absolute atomic E-state index is 0.120. The van der Waals surface area contributed by atoms with Gasteiger partial charge in [0.2, 0.25) is 5.89 Å². The van der Waals surface area contributed by atoms with Crippen LogP contribution < -0.4 is 10.1 Å². The molecule has 0 unspecified atom stereocenters. The third-order valence-electron chi connectivity index (χ3n) is 5.00. The van der Waals surface area contributed by atoms with Crippen LogP contribution in [0.2, 0.25) is 0 Å². The van der Waals surface area contributed by atoms with Gasteiger partial charge in [-0.25, -0.2) is 4.98 Å². The van der Waals surface area contributed by atoms with Crippen LogP contribution in [0.15, 0.2) is 89.5 Å². The van der Waals surface area contributed by atoms with Crippen LogP contribution in [0, 0.1) is 0 Å². The molecule has 1 aromatic heterocycles. The molecule has 0 saturated heterocycles. The molecule has 3 aromatic carbocycles. The summed E-state index contributed by atoms with van der Waals surface area (Å²) in [5, 5.41) is 3.06. The van der Waals surface area contributed by atoms with Crippen LogP contribution in [0.3, 0.4) is 0 Å². The SMILES string of the molecule is CCOc1ccc(-c2cnc(-c3ccccc3C(=O)N[C@@H](C)c3ccccc3)o2)cc1. The number of benzene rings is 3. The lowest BCUT2D eigenvalue weighted by molar-refractivity contribution is 0.0940. The molecule has 5 heteroatoms. The van der Waals surface area contributed by atoms with Crippen molar-refractivity contribution in [3.05, 3.63) is 96.2 Å². The average Bonchev–Trinajstić information content (AvgIpc) is 3.30. The third-order valence-corrected chi connectivity index (χ3v) is 5.00. The van der Waals surface area contributed by atoms with Crippen molar-refractivity contribution in [3.63, 3.8) is 0 Å². The van der Waals surface area contributed by atoms with E-state index in [4.69, 9.17) is 9.15 Å². The molecule has 1 heterocycles. The van der Waals surface area contributed by atoms with Crippen LogP contribution in [-0.4, -0.2) is 17.5 Å². The summed E-state index contributed by atoms with van der Waals surface area (Å²) >= 11 is 0. The maximum Gasteiger partial charge on any atom is 0.252 e. The fourth-order valence-electron chi connectivity index (χ4n) is 3.38. The minimum atomic E-state index is -0.173. The Balaban J connectivity index is 1.57. The Bertz CT molecular complexity index is 1150. The summed E-state index contributed by atoms with van der Waals surface area (Å²) in [4.78, 5) is 17.4. The number of amides is 1. The van der Waals surface area contributed by atoms with E-state index in [1.54, 1.807) is 12.3 Å². The molecule has 0 saturated carbocycles. The fourth-order valence-corrected chi connectivity index (χ4v) is 3.38. The first-order valence-corrected chi connectivity index (χ1v) is 10.3. The van der Waals surface area contributed by atoms with Crippen LogP contribution in [0.25, 0.3) is 22.8 Å². The topological polar surface area (TPSA) is 64.4 Å². The molecule has 1 N–H and O–H groups in total. The van der Waals surface area contributed by atoms with Crippen molar-refractivity contribution in [2.75, 3.05) is 6.61 Å². The maximum absolute atomic E-state index is 13.0. The van der Waals surface area contributed by atoms with E-state index in [2.05, 4.69) is 10.3 Å². The van der Waals surface area contributed by atoms with E-state index >= 15 is 0 Å². The van der Waals surface area contributed by atoms with Gasteiger partial charge in [-0.2, -0.15) is 0 Å². The van der Waals surface area contributed by atoms with E-state index in [9.17, 15) is 4.79 Å². The van der Waals surface area contributed by atoms with E-state index < -0.39 is 0 Å². The number of oxazole rings is 1. The predicted molar refractivity (Wildman–Crippen MR) is 121 cm³/mol. The molecule has 1 amide bonds. The number of hydrogen-bond donors (Lipinski definition) is 1. The van der Waals surface area contributed by atoms with Gasteiger partial charge in [0.15, 0.2) is 5.76 Å². The molecule has 4 aromatic rings. The van der Waals surface area contributed by atoms with E-state index in [1.807, 2.05) is 86.6 Å². The van der Waals surface area contributed by atoms with Crippen molar-refractivity contribution in [1.29, 1.82) is 0 Å². The van der Waals surface area contributed by atoms with E-state index in [1.165, 1.54) is 0 Å². The number of rotatable bonds is 7. The summed E-state index contributed by atoms with van der Waals surface area (Å²) in [6.45, 7) is 4.53. The zero-order valence-electron chi connectivity index (χ0n) is 17.5. The molecule has 31 heavy (non-hydrogen) atoms. The van der Waals surface area contributed by atoms with Crippen molar-refractivity contribution < 1.29 is 13.9 Å². The van der Waals surface area contributed by atoms with Crippen molar-refractivity contribution >= 4 is 5.91 Å². The molecule has 0 fully saturated rings. The highest BCUT2D eigenvalue weighted by atomic mass is 16.5. The van der Waals surface area contributed by atoms with Crippen LogP contribution in [0.5, 0.6) is 5.75 Å². The third kappa shape index (κ3) is 4.67. The highest BCUT2D eigenvalue weighted by molar-refractivity contribution is 6.00. The zero-order chi connectivity index (χ0) is 21.6. The first-order valence-electron chi connectivity index (χ1n) is 10.3. The van der Waals surface area contributed by atoms with E-state index in [0.717, 1.165) is 16.9 Å². The van der Waals surface area contributed by atoms with Gasteiger partial charge in [0.25, 0.3) is 5.91 Å². The molecular formula is C26H24N2O3. The monoisotopic (exact) mass is 412 g/mol. The molecule has 1 atom stereocenters. The van der Waals surface area contributed by atoms with Gasteiger partial charge in [0.1, 0.15) is 5.75 Å². The Morgan fingerprint density at radius 3 is 2.45 bits per heavy atom. The Kier molecular flexibility index (Phi) is 6.13. The lowest BCUT2D eigenvalue weighted by Crippen LogP contribution is -2.27.